The van der Waals surface area contributed by atoms with Crippen LogP contribution in [0.1, 0.15) is 59.3 Å². The van der Waals surface area contributed by atoms with Gasteiger partial charge in [0.25, 0.3) is 0 Å². The van der Waals surface area contributed by atoms with Crippen LogP contribution in [0.3, 0.4) is 0 Å². The highest BCUT2D eigenvalue weighted by Gasteiger charge is 1.93. The van der Waals surface area contributed by atoms with Gasteiger partial charge in [0.15, 0.2) is 6.29 Å². The molecule has 0 fully saturated rings. The van der Waals surface area contributed by atoms with Crippen molar-refractivity contribution < 1.29 is 14.9 Å². The Bertz CT molecular complexity index is 90.9. The zero-order chi connectivity index (χ0) is 11.9. The Morgan fingerprint density at radius 1 is 0.867 bits per heavy atom. The van der Waals surface area contributed by atoms with Crippen molar-refractivity contribution in [3.63, 3.8) is 0 Å². The minimum Gasteiger partial charge on any atom is -0.381 e. The van der Waals surface area contributed by atoms with Crippen LogP contribution in [0.5, 0.6) is 0 Å². The monoisotopic (exact) mass is 220 g/mol. The second-order valence-electron chi connectivity index (χ2n) is 3.59. The van der Waals surface area contributed by atoms with Gasteiger partial charge in [-0.15, -0.1) is 0 Å². The van der Waals surface area contributed by atoms with Crippen LogP contribution >= 0.6 is 0 Å². The second-order valence-corrected chi connectivity index (χ2v) is 3.59. The molecule has 0 aliphatic heterocycles. The van der Waals surface area contributed by atoms with Gasteiger partial charge < -0.3 is 14.9 Å². The van der Waals surface area contributed by atoms with Gasteiger partial charge in [0.05, 0.1) is 0 Å². The SMILES string of the molecule is CCCCCC(O)O.CCCOCCC. The Hall–Kier alpha value is -0.120. The fourth-order valence-electron chi connectivity index (χ4n) is 0.968. The maximum Gasteiger partial charge on any atom is 0.151 e. The Morgan fingerprint density at radius 3 is 1.73 bits per heavy atom. The summed E-state index contributed by atoms with van der Waals surface area (Å²) in [6.45, 7) is 8.18. The minimum atomic E-state index is -1.10. The van der Waals surface area contributed by atoms with E-state index in [9.17, 15) is 0 Å². The minimum absolute atomic E-state index is 0.522. The zero-order valence-electron chi connectivity index (χ0n) is 10.5. The maximum atomic E-state index is 8.33. The topological polar surface area (TPSA) is 49.7 Å². The van der Waals surface area contributed by atoms with Gasteiger partial charge in [0.2, 0.25) is 0 Å². The second kappa shape index (κ2) is 16.3. The molecule has 94 valence electrons. The molecule has 0 saturated heterocycles. The third-order valence-corrected chi connectivity index (χ3v) is 1.76. The Balaban J connectivity index is 0. The molecule has 0 radical (unpaired) electrons. The fraction of sp³-hybridized carbons (Fsp3) is 1.00. The van der Waals surface area contributed by atoms with Crippen LogP contribution in [-0.4, -0.2) is 29.7 Å². The lowest BCUT2D eigenvalue weighted by molar-refractivity contribution is -0.0465. The highest BCUT2D eigenvalue weighted by molar-refractivity contribution is 4.40. The van der Waals surface area contributed by atoms with Crippen LogP contribution in [0.15, 0.2) is 0 Å². The van der Waals surface area contributed by atoms with Gasteiger partial charge in [0.1, 0.15) is 0 Å². The predicted octanol–water partition coefficient (Wildman–Crippen LogP) is 2.70. The Kier molecular flexibility index (Phi) is 18.8. The summed E-state index contributed by atoms with van der Waals surface area (Å²) < 4.78 is 5.13. The number of ether oxygens (including phenoxy) is 1. The summed E-state index contributed by atoms with van der Waals surface area (Å²) >= 11 is 0. The molecule has 0 atom stereocenters. The van der Waals surface area contributed by atoms with Gasteiger partial charge in [-0.25, -0.2) is 0 Å². The van der Waals surface area contributed by atoms with E-state index in [4.69, 9.17) is 14.9 Å². The summed E-state index contributed by atoms with van der Waals surface area (Å²) in [5, 5.41) is 16.7. The molecule has 15 heavy (non-hydrogen) atoms. The summed E-state index contributed by atoms with van der Waals surface area (Å²) in [7, 11) is 0. The van der Waals surface area contributed by atoms with Crippen LogP contribution in [0, 0.1) is 0 Å². The number of aliphatic hydroxyl groups excluding tert-OH is 1. The molecule has 0 heterocycles. The average Bonchev–Trinajstić information content (AvgIpc) is 2.20. The van der Waals surface area contributed by atoms with E-state index < -0.39 is 6.29 Å². The van der Waals surface area contributed by atoms with Crippen LogP contribution in [0.4, 0.5) is 0 Å². The normalized spacial score (nSPS) is 10.0. The first-order chi connectivity index (χ1) is 7.18. The van der Waals surface area contributed by atoms with E-state index in [0.717, 1.165) is 45.3 Å². The van der Waals surface area contributed by atoms with E-state index in [2.05, 4.69) is 20.8 Å². The first-order valence-electron chi connectivity index (χ1n) is 6.12. The summed E-state index contributed by atoms with van der Waals surface area (Å²) in [6, 6.07) is 0. The quantitative estimate of drug-likeness (QED) is 0.488. The molecule has 0 aliphatic carbocycles. The van der Waals surface area contributed by atoms with Gasteiger partial charge in [-0.3, -0.25) is 0 Å². The third kappa shape index (κ3) is 24.8. The van der Waals surface area contributed by atoms with E-state index in [1.165, 1.54) is 0 Å². The summed E-state index contributed by atoms with van der Waals surface area (Å²) in [5.74, 6) is 0. The maximum absolute atomic E-state index is 8.33. The summed E-state index contributed by atoms with van der Waals surface area (Å²) in [4.78, 5) is 0. The zero-order valence-corrected chi connectivity index (χ0v) is 10.5. The molecule has 0 saturated carbocycles. The van der Waals surface area contributed by atoms with E-state index >= 15 is 0 Å². The largest absolute Gasteiger partial charge is 0.381 e. The van der Waals surface area contributed by atoms with Crippen molar-refractivity contribution in [3.8, 4) is 0 Å². The van der Waals surface area contributed by atoms with Gasteiger partial charge in [-0.05, 0) is 25.7 Å². The smallest absolute Gasteiger partial charge is 0.151 e. The van der Waals surface area contributed by atoms with E-state index in [-0.39, 0.29) is 0 Å². The standard InChI is InChI=1S/C6H14O2.C6H14O/c1-2-3-4-5-6(7)8;1-3-5-7-6-4-2/h6-8H,2-5H2,1H3;3-6H2,1-2H3. The van der Waals surface area contributed by atoms with E-state index in [1.54, 1.807) is 0 Å². The fourth-order valence-corrected chi connectivity index (χ4v) is 0.968. The van der Waals surface area contributed by atoms with Crippen LogP contribution in [-0.2, 0) is 4.74 Å². The molecule has 0 aliphatic rings. The summed E-state index contributed by atoms with van der Waals surface area (Å²) in [6.07, 6.45) is 4.85. The molecular formula is C12H28O3. The number of rotatable bonds is 8. The molecule has 2 N–H and O–H groups in total. The van der Waals surface area contributed by atoms with Crippen LogP contribution < -0.4 is 0 Å². The van der Waals surface area contributed by atoms with Crippen molar-refractivity contribution in [3.05, 3.63) is 0 Å². The van der Waals surface area contributed by atoms with Crippen molar-refractivity contribution in [2.75, 3.05) is 13.2 Å². The van der Waals surface area contributed by atoms with Crippen molar-refractivity contribution in [1.29, 1.82) is 0 Å². The van der Waals surface area contributed by atoms with Gasteiger partial charge in [-0.2, -0.15) is 0 Å². The Morgan fingerprint density at radius 2 is 1.40 bits per heavy atom. The Labute approximate surface area is 94.5 Å². The van der Waals surface area contributed by atoms with Crippen molar-refractivity contribution in [1.82, 2.24) is 0 Å². The van der Waals surface area contributed by atoms with Crippen LogP contribution in [0.25, 0.3) is 0 Å². The molecule has 3 heteroatoms. The predicted molar refractivity (Wildman–Crippen MR) is 63.8 cm³/mol. The van der Waals surface area contributed by atoms with Gasteiger partial charge in [-0.1, -0.05) is 33.6 Å². The highest BCUT2D eigenvalue weighted by atomic mass is 16.5. The van der Waals surface area contributed by atoms with Gasteiger partial charge >= 0.3 is 0 Å². The molecule has 0 aromatic carbocycles. The molecule has 0 aromatic rings. The number of unbranched alkanes of at least 4 members (excludes halogenated alkanes) is 2. The lowest BCUT2D eigenvalue weighted by Crippen LogP contribution is -2.02. The van der Waals surface area contributed by atoms with Crippen molar-refractivity contribution in [2.45, 2.75) is 65.6 Å². The first kappa shape index (κ1) is 17.3. The third-order valence-electron chi connectivity index (χ3n) is 1.76. The average molecular weight is 220 g/mol. The lowest BCUT2D eigenvalue weighted by Gasteiger charge is -1.99. The van der Waals surface area contributed by atoms with Gasteiger partial charge in [0, 0.05) is 13.2 Å². The molecule has 0 rings (SSSR count). The molecule has 0 unspecified atom stereocenters. The highest BCUT2D eigenvalue weighted by Crippen LogP contribution is 1.99. The molecule has 0 bridgehead atoms. The lowest BCUT2D eigenvalue weighted by atomic mass is 10.2. The van der Waals surface area contributed by atoms with E-state index in [1.807, 2.05) is 0 Å². The van der Waals surface area contributed by atoms with Crippen molar-refractivity contribution >= 4 is 0 Å². The summed E-state index contributed by atoms with van der Waals surface area (Å²) in [5.41, 5.74) is 0. The first-order valence-corrected chi connectivity index (χ1v) is 6.12. The molecular weight excluding hydrogens is 192 g/mol. The number of hydrogen-bond acceptors (Lipinski definition) is 3. The van der Waals surface area contributed by atoms with Crippen LogP contribution in [0.2, 0.25) is 0 Å². The molecule has 0 amide bonds. The van der Waals surface area contributed by atoms with E-state index in [0.29, 0.717) is 6.42 Å². The molecule has 0 spiro atoms. The molecule has 3 nitrogen and oxygen atoms in total. The number of aliphatic hydroxyl groups is 2. The molecule has 0 aromatic heterocycles. The number of hydrogen-bond donors (Lipinski definition) is 2. The van der Waals surface area contributed by atoms with Crippen molar-refractivity contribution in [2.24, 2.45) is 0 Å².